The van der Waals surface area contributed by atoms with Crippen molar-refractivity contribution in [2.75, 3.05) is 5.32 Å². The maximum absolute atomic E-state index is 11.9. The number of fused-ring (bicyclic) bond motifs is 1. The Balaban J connectivity index is 2.35. The minimum absolute atomic E-state index is 0.00583. The highest BCUT2D eigenvalue weighted by Gasteiger charge is 2.21. The van der Waals surface area contributed by atoms with E-state index in [1.165, 1.54) is 0 Å². The van der Waals surface area contributed by atoms with Gasteiger partial charge in [-0.05, 0) is 12.1 Å². The monoisotopic (exact) mass is 217 g/mol. The van der Waals surface area contributed by atoms with E-state index in [9.17, 15) is 4.79 Å². The highest BCUT2D eigenvalue weighted by Crippen LogP contribution is 2.18. The third-order valence-electron chi connectivity index (χ3n) is 2.35. The lowest BCUT2D eigenvalue weighted by atomic mass is 9.96. The van der Waals surface area contributed by atoms with Gasteiger partial charge in [-0.15, -0.1) is 0 Å². The molecule has 0 spiro atoms. The second kappa shape index (κ2) is 3.63. The first kappa shape index (κ1) is 10.7. The summed E-state index contributed by atoms with van der Waals surface area (Å²) in [5.74, 6) is 0.739. The van der Waals surface area contributed by atoms with Crippen LogP contribution in [0.4, 0.5) is 5.82 Å². The second-order valence-electron chi connectivity index (χ2n) is 4.77. The van der Waals surface area contributed by atoms with Crippen LogP contribution in [-0.2, 0) is 4.79 Å². The normalized spacial score (nSPS) is 11.7. The molecule has 2 aromatic rings. The summed E-state index contributed by atoms with van der Waals surface area (Å²) < 4.78 is 1.85. The van der Waals surface area contributed by atoms with Gasteiger partial charge in [0, 0.05) is 17.8 Å². The summed E-state index contributed by atoms with van der Waals surface area (Å²) in [6.45, 7) is 5.66. The average molecular weight is 217 g/mol. The molecule has 4 heteroatoms. The van der Waals surface area contributed by atoms with Crippen LogP contribution >= 0.6 is 0 Å². The fraction of sp³-hybridized carbons (Fsp3) is 0.333. The van der Waals surface area contributed by atoms with Gasteiger partial charge in [0.1, 0.15) is 11.5 Å². The largest absolute Gasteiger partial charge is 0.311 e. The van der Waals surface area contributed by atoms with Crippen molar-refractivity contribution in [2.24, 2.45) is 5.41 Å². The lowest BCUT2D eigenvalue weighted by Gasteiger charge is -2.18. The van der Waals surface area contributed by atoms with Gasteiger partial charge in [0.2, 0.25) is 5.91 Å². The molecular formula is C12H15N3O. The number of pyridine rings is 1. The number of aromatic nitrogens is 2. The van der Waals surface area contributed by atoms with Gasteiger partial charge in [-0.1, -0.05) is 26.8 Å². The third kappa shape index (κ3) is 1.91. The van der Waals surface area contributed by atoms with Gasteiger partial charge in [-0.25, -0.2) is 4.98 Å². The molecule has 0 aliphatic carbocycles. The van der Waals surface area contributed by atoms with Crippen molar-refractivity contribution in [1.29, 1.82) is 0 Å². The van der Waals surface area contributed by atoms with Crippen LogP contribution in [0.1, 0.15) is 20.8 Å². The van der Waals surface area contributed by atoms with Crippen LogP contribution in [0.5, 0.6) is 0 Å². The molecule has 4 nitrogen and oxygen atoms in total. The Morgan fingerprint density at radius 1 is 1.38 bits per heavy atom. The minimum Gasteiger partial charge on any atom is -0.311 e. The van der Waals surface area contributed by atoms with Gasteiger partial charge in [-0.2, -0.15) is 0 Å². The van der Waals surface area contributed by atoms with E-state index in [0.717, 1.165) is 11.5 Å². The molecule has 0 aliphatic rings. The zero-order valence-corrected chi connectivity index (χ0v) is 9.69. The second-order valence-corrected chi connectivity index (χ2v) is 4.77. The molecule has 1 N–H and O–H groups in total. The number of anilines is 1. The number of nitrogens with one attached hydrogen (secondary N) is 1. The lowest BCUT2D eigenvalue weighted by molar-refractivity contribution is -0.123. The molecule has 2 rings (SSSR count). The molecule has 0 fully saturated rings. The van der Waals surface area contributed by atoms with E-state index in [0.29, 0.717) is 0 Å². The highest BCUT2D eigenvalue weighted by atomic mass is 16.2. The van der Waals surface area contributed by atoms with E-state index in [1.807, 2.05) is 49.6 Å². The summed E-state index contributed by atoms with van der Waals surface area (Å²) >= 11 is 0. The SMILES string of the molecule is CC(C)(C)C(=O)Nc1cccc2nccn12. The molecule has 0 aromatic carbocycles. The van der Waals surface area contributed by atoms with E-state index >= 15 is 0 Å². The van der Waals surface area contributed by atoms with Crippen molar-refractivity contribution in [3.8, 4) is 0 Å². The molecule has 2 heterocycles. The molecule has 2 aromatic heterocycles. The molecule has 0 saturated carbocycles. The topological polar surface area (TPSA) is 46.4 Å². The predicted octanol–water partition coefficient (Wildman–Crippen LogP) is 2.32. The molecule has 84 valence electrons. The summed E-state index contributed by atoms with van der Waals surface area (Å²) in [7, 11) is 0. The average Bonchev–Trinajstić information content (AvgIpc) is 2.65. The lowest BCUT2D eigenvalue weighted by Crippen LogP contribution is -2.28. The Bertz CT molecular complexity index is 522. The van der Waals surface area contributed by atoms with Crippen LogP contribution in [0, 0.1) is 5.41 Å². The minimum atomic E-state index is -0.400. The van der Waals surface area contributed by atoms with E-state index in [4.69, 9.17) is 0 Å². The summed E-state index contributed by atoms with van der Waals surface area (Å²) in [5, 5.41) is 2.90. The van der Waals surface area contributed by atoms with E-state index in [-0.39, 0.29) is 5.91 Å². The Morgan fingerprint density at radius 3 is 2.81 bits per heavy atom. The van der Waals surface area contributed by atoms with Crippen LogP contribution < -0.4 is 5.32 Å². The quantitative estimate of drug-likeness (QED) is 0.796. The predicted molar refractivity (Wildman–Crippen MR) is 63.3 cm³/mol. The van der Waals surface area contributed by atoms with Crippen LogP contribution in [0.2, 0.25) is 0 Å². The molecule has 0 atom stereocenters. The van der Waals surface area contributed by atoms with Crippen LogP contribution in [0.15, 0.2) is 30.6 Å². The van der Waals surface area contributed by atoms with E-state index < -0.39 is 5.41 Å². The van der Waals surface area contributed by atoms with Gasteiger partial charge < -0.3 is 5.32 Å². The molecule has 0 aliphatic heterocycles. The smallest absolute Gasteiger partial charge is 0.230 e. The Hall–Kier alpha value is -1.84. The molecule has 16 heavy (non-hydrogen) atoms. The number of hydrogen-bond acceptors (Lipinski definition) is 2. The van der Waals surface area contributed by atoms with Gasteiger partial charge in [-0.3, -0.25) is 9.20 Å². The summed E-state index contributed by atoms with van der Waals surface area (Å²) in [4.78, 5) is 16.0. The number of carbonyl (C=O) groups excluding carboxylic acids is 1. The number of amides is 1. The molecule has 1 amide bonds. The van der Waals surface area contributed by atoms with Crippen molar-refractivity contribution in [2.45, 2.75) is 20.8 Å². The Kier molecular flexibility index (Phi) is 2.42. The first-order valence-electron chi connectivity index (χ1n) is 5.22. The van der Waals surface area contributed by atoms with Crippen LogP contribution in [0.25, 0.3) is 5.65 Å². The van der Waals surface area contributed by atoms with E-state index in [1.54, 1.807) is 6.20 Å². The van der Waals surface area contributed by atoms with Crippen molar-refractivity contribution < 1.29 is 4.79 Å². The van der Waals surface area contributed by atoms with Crippen molar-refractivity contribution >= 4 is 17.4 Å². The number of hydrogen-bond donors (Lipinski definition) is 1. The Morgan fingerprint density at radius 2 is 2.12 bits per heavy atom. The highest BCUT2D eigenvalue weighted by molar-refractivity contribution is 5.94. The standard InChI is InChI=1S/C12H15N3O/c1-12(2,3)11(16)14-10-6-4-5-9-13-7-8-15(9)10/h4-8H,1-3H3,(H,14,16). The molecule has 0 saturated heterocycles. The number of rotatable bonds is 1. The summed E-state index contributed by atoms with van der Waals surface area (Å²) in [5.41, 5.74) is 0.426. The maximum Gasteiger partial charge on any atom is 0.230 e. The molecule has 0 unspecified atom stereocenters. The first-order valence-corrected chi connectivity index (χ1v) is 5.22. The number of nitrogens with zero attached hydrogens (tertiary/aromatic N) is 2. The van der Waals surface area contributed by atoms with Crippen LogP contribution in [0.3, 0.4) is 0 Å². The summed E-state index contributed by atoms with van der Waals surface area (Å²) in [6.07, 6.45) is 3.54. The van der Waals surface area contributed by atoms with Gasteiger partial charge in [0.15, 0.2) is 0 Å². The zero-order chi connectivity index (χ0) is 11.8. The van der Waals surface area contributed by atoms with Gasteiger partial charge in [0.05, 0.1) is 0 Å². The first-order chi connectivity index (χ1) is 7.48. The van der Waals surface area contributed by atoms with Crippen molar-refractivity contribution in [3.63, 3.8) is 0 Å². The molecular weight excluding hydrogens is 202 g/mol. The third-order valence-corrected chi connectivity index (χ3v) is 2.35. The maximum atomic E-state index is 11.9. The fourth-order valence-electron chi connectivity index (χ4n) is 1.35. The number of carbonyl (C=O) groups is 1. The van der Waals surface area contributed by atoms with Crippen LogP contribution in [-0.4, -0.2) is 15.3 Å². The van der Waals surface area contributed by atoms with Crippen molar-refractivity contribution in [3.05, 3.63) is 30.6 Å². The Labute approximate surface area is 94.3 Å². The van der Waals surface area contributed by atoms with Crippen molar-refractivity contribution in [1.82, 2.24) is 9.38 Å². The van der Waals surface area contributed by atoms with E-state index in [2.05, 4.69) is 10.3 Å². The van der Waals surface area contributed by atoms with Gasteiger partial charge >= 0.3 is 0 Å². The zero-order valence-electron chi connectivity index (χ0n) is 9.69. The summed E-state index contributed by atoms with van der Waals surface area (Å²) in [6, 6.07) is 5.63. The fourth-order valence-corrected chi connectivity index (χ4v) is 1.35. The van der Waals surface area contributed by atoms with Gasteiger partial charge in [0.25, 0.3) is 0 Å². The number of imidazole rings is 1. The molecule has 0 radical (unpaired) electrons. The molecule has 0 bridgehead atoms.